The summed E-state index contributed by atoms with van der Waals surface area (Å²) in [6, 6.07) is 16.5. The van der Waals surface area contributed by atoms with Crippen molar-refractivity contribution in [2.75, 3.05) is 26.2 Å². The molecule has 1 saturated heterocycles. The van der Waals surface area contributed by atoms with Crippen molar-refractivity contribution in [3.63, 3.8) is 0 Å². The van der Waals surface area contributed by atoms with Gasteiger partial charge in [0.05, 0.1) is 6.54 Å². The zero-order chi connectivity index (χ0) is 16.8. The molecule has 1 aliphatic rings. The van der Waals surface area contributed by atoms with Gasteiger partial charge in [-0.1, -0.05) is 42.5 Å². The number of halogens is 1. The van der Waals surface area contributed by atoms with Crippen molar-refractivity contribution < 1.29 is 9.18 Å². The molecule has 0 spiro atoms. The van der Waals surface area contributed by atoms with Gasteiger partial charge in [-0.2, -0.15) is 0 Å². The molecule has 0 bridgehead atoms. The topological polar surface area (TPSA) is 44.4 Å². The molecule has 126 valence electrons. The van der Waals surface area contributed by atoms with Crippen LogP contribution in [0.2, 0.25) is 0 Å². The van der Waals surface area contributed by atoms with Crippen LogP contribution in [-0.4, -0.2) is 37.0 Å². The van der Waals surface area contributed by atoms with Gasteiger partial charge in [-0.25, -0.2) is 4.39 Å². The van der Waals surface area contributed by atoms with Crippen LogP contribution >= 0.6 is 0 Å². The van der Waals surface area contributed by atoms with Gasteiger partial charge in [0.1, 0.15) is 5.82 Å². The summed E-state index contributed by atoms with van der Waals surface area (Å²) < 4.78 is 13.5. The smallest absolute Gasteiger partial charge is 0.234 e. The molecular weight excluding hydrogens is 305 g/mol. The van der Waals surface area contributed by atoms with Crippen molar-refractivity contribution in [3.05, 3.63) is 71.5 Å². The predicted molar refractivity (Wildman–Crippen MR) is 91.9 cm³/mol. The molecule has 3 rings (SSSR count). The van der Waals surface area contributed by atoms with Crippen molar-refractivity contribution in [1.82, 2.24) is 15.5 Å². The first-order chi connectivity index (χ1) is 11.7. The number of amides is 1. The van der Waals surface area contributed by atoms with E-state index in [4.69, 9.17) is 0 Å². The van der Waals surface area contributed by atoms with E-state index < -0.39 is 0 Å². The van der Waals surface area contributed by atoms with Gasteiger partial charge in [0.2, 0.25) is 5.91 Å². The highest BCUT2D eigenvalue weighted by Gasteiger charge is 2.25. The molecule has 24 heavy (non-hydrogen) atoms. The number of hydrogen-bond donors (Lipinski definition) is 2. The first-order valence-corrected chi connectivity index (χ1v) is 8.23. The standard InChI is InChI=1S/C19H22FN3O/c20-17-8-4-7-16(11-17)18-13-21-9-10-23(18)14-19(24)22-12-15-5-2-1-3-6-15/h1-8,11,18,21H,9-10,12-14H2,(H,22,24). The number of nitrogens with zero attached hydrogens (tertiary/aromatic N) is 1. The average Bonchev–Trinajstić information content (AvgIpc) is 2.61. The highest BCUT2D eigenvalue weighted by atomic mass is 19.1. The summed E-state index contributed by atoms with van der Waals surface area (Å²) in [5.41, 5.74) is 1.98. The fraction of sp³-hybridized carbons (Fsp3) is 0.316. The molecule has 2 aromatic carbocycles. The fourth-order valence-electron chi connectivity index (χ4n) is 3.02. The fourth-order valence-corrected chi connectivity index (χ4v) is 3.02. The lowest BCUT2D eigenvalue weighted by molar-refractivity contribution is -0.123. The minimum Gasteiger partial charge on any atom is -0.351 e. The zero-order valence-corrected chi connectivity index (χ0v) is 13.5. The maximum atomic E-state index is 13.5. The van der Waals surface area contributed by atoms with Crippen LogP contribution in [0.15, 0.2) is 54.6 Å². The van der Waals surface area contributed by atoms with Crippen LogP contribution in [0.3, 0.4) is 0 Å². The molecule has 5 heteroatoms. The van der Waals surface area contributed by atoms with Crippen LogP contribution in [-0.2, 0) is 11.3 Å². The number of hydrogen-bond acceptors (Lipinski definition) is 3. The van der Waals surface area contributed by atoms with Crippen molar-refractivity contribution >= 4 is 5.91 Å². The van der Waals surface area contributed by atoms with Gasteiger partial charge < -0.3 is 10.6 Å². The van der Waals surface area contributed by atoms with E-state index in [0.29, 0.717) is 13.1 Å². The quantitative estimate of drug-likeness (QED) is 0.884. The van der Waals surface area contributed by atoms with E-state index in [-0.39, 0.29) is 17.8 Å². The summed E-state index contributed by atoms with van der Waals surface area (Å²) in [7, 11) is 0. The lowest BCUT2D eigenvalue weighted by Gasteiger charge is -2.36. The van der Waals surface area contributed by atoms with E-state index in [1.807, 2.05) is 36.4 Å². The van der Waals surface area contributed by atoms with Gasteiger partial charge in [0, 0.05) is 32.2 Å². The molecule has 4 nitrogen and oxygen atoms in total. The van der Waals surface area contributed by atoms with Crippen molar-refractivity contribution in [2.24, 2.45) is 0 Å². The normalized spacial score (nSPS) is 18.3. The molecule has 1 unspecified atom stereocenters. The van der Waals surface area contributed by atoms with Crippen LogP contribution in [0, 0.1) is 5.82 Å². The first-order valence-electron chi connectivity index (χ1n) is 8.23. The summed E-state index contributed by atoms with van der Waals surface area (Å²) in [6.07, 6.45) is 0. The molecule has 1 fully saturated rings. The van der Waals surface area contributed by atoms with Gasteiger partial charge in [0.25, 0.3) is 0 Å². The Labute approximate surface area is 141 Å². The van der Waals surface area contributed by atoms with Crippen LogP contribution in [0.1, 0.15) is 17.2 Å². The molecule has 1 amide bonds. The van der Waals surface area contributed by atoms with Gasteiger partial charge in [-0.3, -0.25) is 9.69 Å². The Morgan fingerprint density at radius 2 is 2.04 bits per heavy atom. The van der Waals surface area contributed by atoms with E-state index in [1.165, 1.54) is 6.07 Å². The van der Waals surface area contributed by atoms with Crippen LogP contribution in [0.5, 0.6) is 0 Å². The third-order valence-electron chi connectivity index (χ3n) is 4.27. The molecule has 1 atom stereocenters. The van der Waals surface area contributed by atoms with E-state index in [2.05, 4.69) is 15.5 Å². The molecule has 0 saturated carbocycles. The average molecular weight is 327 g/mol. The summed E-state index contributed by atoms with van der Waals surface area (Å²) in [5.74, 6) is -0.256. The van der Waals surface area contributed by atoms with Gasteiger partial charge in [-0.15, -0.1) is 0 Å². The Morgan fingerprint density at radius 3 is 2.83 bits per heavy atom. The third kappa shape index (κ3) is 4.40. The number of benzene rings is 2. The molecule has 1 aliphatic heterocycles. The summed E-state index contributed by atoms with van der Waals surface area (Å²) in [6.45, 7) is 3.15. The highest BCUT2D eigenvalue weighted by molar-refractivity contribution is 5.78. The van der Waals surface area contributed by atoms with Crippen LogP contribution in [0.25, 0.3) is 0 Å². The molecule has 0 aliphatic carbocycles. The molecular formula is C19H22FN3O. The molecule has 1 heterocycles. The molecule has 0 radical (unpaired) electrons. The number of rotatable bonds is 5. The van der Waals surface area contributed by atoms with Crippen molar-refractivity contribution in [3.8, 4) is 0 Å². The van der Waals surface area contributed by atoms with Gasteiger partial charge in [-0.05, 0) is 23.3 Å². The van der Waals surface area contributed by atoms with E-state index in [9.17, 15) is 9.18 Å². The summed E-state index contributed by atoms with van der Waals surface area (Å²) >= 11 is 0. The monoisotopic (exact) mass is 327 g/mol. The van der Waals surface area contributed by atoms with Gasteiger partial charge >= 0.3 is 0 Å². The Bertz CT molecular complexity index is 677. The predicted octanol–water partition coefficient (Wildman–Crippen LogP) is 2.09. The summed E-state index contributed by atoms with van der Waals surface area (Å²) in [5, 5.41) is 6.27. The van der Waals surface area contributed by atoms with Gasteiger partial charge in [0.15, 0.2) is 0 Å². The third-order valence-corrected chi connectivity index (χ3v) is 4.27. The number of piperazine rings is 1. The second-order valence-electron chi connectivity index (χ2n) is 6.01. The SMILES string of the molecule is O=C(CN1CCNCC1c1cccc(F)c1)NCc1ccccc1. The largest absolute Gasteiger partial charge is 0.351 e. The maximum absolute atomic E-state index is 13.5. The van der Waals surface area contributed by atoms with E-state index in [1.54, 1.807) is 12.1 Å². The first kappa shape index (κ1) is 16.6. The molecule has 2 aromatic rings. The lowest BCUT2D eigenvalue weighted by atomic mass is 10.0. The van der Waals surface area contributed by atoms with Crippen molar-refractivity contribution in [2.45, 2.75) is 12.6 Å². The molecule has 2 N–H and O–H groups in total. The lowest BCUT2D eigenvalue weighted by Crippen LogP contribution is -2.49. The molecule has 0 aromatic heterocycles. The van der Waals surface area contributed by atoms with Crippen LogP contribution in [0.4, 0.5) is 4.39 Å². The number of nitrogens with one attached hydrogen (secondary N) is 2. The highest BCUT2D eigenvalue weighted by Crippen LogP contribution is 2.22. The van der Waals surface area contributed by atoms with Crippen LogP contribution < -0.4 is 10.6 Å². The Kier molecular flexibility index (Phi) is 5.56. The second-order valence-corrected chi connectivity index (χ2v) is 6.01. The Balaban J connectivity index is 1.60. The minimum atomic E-state index is -0.244. The second kappa shape index (κ2) is 8.04. The Morgan fingerprint density at radius 1 is 1.21 bits per heavy atom. The van der Waals surface area contributed by atoms with E-state index >= 15 is 0 Å². The number of carbonyl (C=O) groups is 1. The Hall–Kier alpha value is -2.24. The van der Waals surface area contributed by atoms with E-state index in [0.717, 1.165) is 30.8 Å². The number of carbonyl (C=O) groups excluding carboxylic acids is 1. The zero-order valence-electron chi connectivity index (χ0n) is 13.5. The maximum Gasteiger partial charge on any atom is 0.234 e. The minimum absolute atomic E-state index is 0.0110. The summed E-state index contributed by atoms with van der Waals surface area (Å²) in [4.78, 5) is 14.4. The van der Waals surface area contributed by atoms with Crippen molar-refractivity contribution in [1.29, 1.82) is 0 Å².